The normalized spacial score (nSPS) is 33.5. The van der Waals surface area contributed by atoms with Crippen molar-refractivity contribution in [3.05, 3.63) is 0 Å². The SMILES string of the molecule is C[N+](C)(C)CC1COC(CCC2OCC(C[N+](C)(C)C)O2)O1. The number of likely N-dealkylation sites (N-methyl/N-ethyl adjacent to an activating group) is 2. The lowest BCUT2D eigenvalue weighted by Gasteiger charge is -2.26. The molecule has 2 aliphatic rings. The molecule has 2 aliphatic heterocycles. The molecule has 4 atom stereocenters. The van der Waals surface area contributed by atoms with Crippen molar-refractivity contribution in [3.63, 3.8) is 0 Å². The molecule has 2 rings (SSSR count). The second-order valence-electron chi connectivity index (χ2n) is 8.57. The molecule has 0 aromatic heterocycles. The zero-order valence-corrected chi connectivity index (χ0v) is 15.1. The minimum absolute atomic E-state index is 0.110. The highest BCUT2D eigenvalue weighted by atomic mass is 16.7. The van der Waals surface area contributed by atoms with E-state index >= 15 is 0 Å². The molecule has 22 heavy (non-hydrogen) atoms. The van der Waals surface area contributed by atoms with Gasteiger partial charge in [0.15, 0.2) is 12.6 Å². The standard InChI is InChI=1S/C16H34N2O4/c1-17(2,3)9-13-11-19-15(21-13)7-8-16-20-12-14(22-16)10-18(4,5)6/h13-16H,7-12H2,1-6H3/q+2. The molecule has 2 fully saturated rings. The molecular formula is C16H34N2O4+2. The Morgan fingerprint density at radius 2 is 1.05 bits per heavy atom. The fourth-order valence-electron chi connectivity index (χ4n) is 3.00. The third-order valence-electron chi connectivity index (χ3n) is 3.77. The van der Waals surface area contributed by atoms with Crippen molar-refractivity contribution in [2.45, 2.75) is 37.6 Å². The molecular weight excluding hydrogens is 284 g/mol. The average molecular weight is 318 g/mol. The number of ether oxygens (including phenoxy) is 4. The van der Waals surface area contributed by atoms with Crippen LogP contribution in [0.15, 0.2) is 0 Å². The summed E-state index contributed by atoms with van der Waals surface area (Å²) in [5.41, 5.74) is 0. The maximum Gasteiger partial charge on any atom is 0.158 e. The Morgan fingerprint density at radius 3 is 1.36 bits per heavy atom. The maximum absolute atomic E-state index is 5.95. The number of hydrogen-bond donors (Lipinski definition) is 0. The van der Waals surface area contributed by atoms with Crippen LogP contribution in [0.25, 0.3) is 0 Å². The minimum Gasteiger partial charge on any atom is -0.350 e. The first-order valence-corrected chi connectivity index (χ1v) is 8.26. The summed E-state index contributed by atoms with van der Waals surface area (Å²) in [6.07, 6.45) is 1.83. The van der Waals surface area contributed by atoms with Gasteiger partial charge in [-0.1, -0.05) is 0 Å². The molecule has 6 nitrogen and oxygen atoms in total. The second kappa shape index (κ2) is 7.11. The van der Waals surface area contributed by atoms with E-state index in [2.05, 4.69) is 42.3 Å². The topological polar surface area (TPSA) is 36.9 Å². The Morgan fingerprint density at radius 1 is 0.682 bits per heavy atom. The molecule has 0 saturated carbocycles. The highest BCUT2D eigenvalue weighted by Gasteiger charge is 2.33. The van der Waals surface area contributed by atoms with Crippen LogP contribution in [0.1, 0.15) is 12.8 Å². The van der Waals surface area contributed by atoms with Gasteiger partial charge in [-0.05, 0) is 0 Å². The van der Waals surface area contributed by atoms with Gasteiger partial charge in [-0.25, -0.2) is 0 Å². The molecule has 0 aliphatic carbocycles. The van der Waals surface area contributed by atoms with E-state index < -0.39 is 0 Å². The van der Waals surface area contributed by atoms with Crippen LogP contribution >= 0.6 is 0 Å². The van der Waals surface area contributed by atoms with Crippen molar-refractivity contribution in [1.29, 1.82) is 0 Å². The quantitative estimate of drug-likeness (QED) is 0.646. The van der Waals surface area contributed by atoms with E-state index in [0.717, 1.165) is 34.9 Å². The van der Waals surface area contributed by atoms with Crippen molar-refractivity contribution < 1.29 is 27.9 Å². The lowest BCUT2D eigenvalue weighted by atomic mass is 10.3. The van der Waals surface area contributed by atoms with Crippen LogP contribution in [0.5, 0.6) is 0 Å². The van der Waals surface area contributed by atoms with Crippen molar-refractivity contribution in [3.8, 4) is 0 Å². The molecule has 130 valence electrons. The molecule has 2 heterocycles. The van der Waals surface area contributed by atoms with Gasteiger partial charge in [0.25, 0.3) is 0 Å². The van der Waals surface area contributed by atoms with E-state index in [-0.39, 0.29) is 24.8 Å². The number of rotatable bonds is 7. The van der Waals surface area contributed by atoms with Crippen molar-refractivity contribution in [2.75, 3.05) is 68.6 Å². The zero-order valence-electron chi connectivity index (χ0n) is 15.1. The lowest BCUT2D eigenvalue weighted by Crippen LogP contribution is -2.42. The van der Waals surface area contributed by atoms with Gasteiger partial charge in [0.1, 0.15) is 25.3 Å². The summed E-state index contributed by atoms with van der Waals surface area (Å²) in [6, 6.07) is 0. The van der Waals surface area contributed by atoms with E-state index in [1.54, 1.807) is 0 Å². The molecule has 0 bridgehead atoms. The summed E-state index contributed by atoms with van der Waals surface area (Å²) in [4.78, 5) is 0. The van der Waals surface area contributed by atoms with Gasteiger partial charge in [0, 0.05) is 12.8 Å². The molecule has 4 unspecified atom stereocenters. The Hall–Kier alpha value is -0.240. The van der Waals surface area contributed by atoms with Gasteiger partial charge in [0.2, 0.25) is 0 Å². The molecule has 0 radical (unpaired) electrons. The van der Waals surface area contributed by atoms with Crippen LogP contribution in [-0.2, 0) is 18.9 Å². The zero-order chi connectivity index (χ0) is 16.4. The molecule has 0 aromatic rings. The first kappa shape index (κ1) is 18.1. The number of quaternary nitrogens is 2. The third-order valence-corrected chi connectivity index (χ3v) is 3.77. The van der Waals surface area contributed by atoms with Crippen molar-refractivity contribution in [1.82, 2.24) is 0 Å². The monoisotopic (exact) mass is 318 g/mol. The average Bonchev–Trinajstić information content (AvgIpc) is 2.92. The molecule has 6 heteroatoms. The summed E-state index contributed by atoms with van der Waals surface area (Å²) in [7, 11) is 13.0. The van der Waals surface area contributed by atoms with Gasteiger partial charge in [-0.2, -0.15) is 0 Å². The maximum atomic E-state index is 5.95. The first-order valence-electron chi connectivity index (χ1n) is 8.26. The summed E-state index contributed by atoms with van der Waals surface area (Å²) >= 11 is 0. The predicted molar refractivity (Wildman–Crippen MR) is 84.3 cm³/mol. The van der Waals surface area contributed by atoms with Crippen LogP contribution in [0.2, 0.25) is 0 Å². The van der Waals surface area contributed by atoms with E-state index in [1.165, 1.54) is 0 Å². The Labute approximate surface area is 135 Å². The van der Waals surface area contributed by atoms with E-state index in [4.69, 9.17) is 18.9 Å². The largest absolute Gasteiger partial charge is 0.350 e. The molecule has 2 saturated heterocycles. The second-order valence-corrected chi connectivity index (χ2v) is 8.57. The van der Waals surface area contributed by atoms with Gasteiger partial charge in [0.05, 0.1) is 55.5 Å². The molecule has 0 spiro atoms. The van der Waals surface area contributed by atoms with Crippen LogP contribution in [0, 0.1) is 0 Å². The van der Waals surface area contributed by atoms with Gasteiger partial charge in [-0.3, -0.25) is 0 Å². The Bertz CT molecular complexity index is 317. The van der Waals surface area contributed by atoms with Crippen molar-refractivity contribution in [2.24, 2.45) is 0 Å². The summed E-state index contributed by atoms with van der Waals surface area (Å²) in [6.45, 7) is 3.32. The third kappa shape index (κ3) is 6.48. The first-order chi connectivity index (χ1) is 10.1. The molecule has 0 amide bonds. The summed E-state index contributed by atoms with van der Waals surface area (Å²) in [5, 5.41) is 0. The number of hydrogen-bond acceptors (Lipinski definition) is 4. The Balaban J connectivity index is 1.63. The van der Waals surface area contributed by atoms with Crippen LogP contribution in [0.3, 0.4) is 0 Å². The van der Waals surface area contributed by atoms with E-state index in [9.17, 15) is 0 Å². The molecule has 0 aromatic carbocycles. The van der Waals surface area contributed by atoms with Crippen molar-refractivity contribution >= 4 is 0 Å². The van der Waals surface area contributed by atoms with Gasteiger partial charge >= 0.3 is 0 Å². The predicted octanol–water partition coefficient (Wildman–Crippen LogP) is 0.662. The van der Waals surface area contributed by atoms with Gasteiger partial charge < -0.3 is 27.9 Å². The van der Waals surface area contributed by atoms with Crippen LogP contribution in [0.4, 0.5) is 0 Å². The van der Waals surface area contributed by atoms with E-state index in [1.807, 2.05) is 0 Å². The number of nitrogens with zero attached hydrogens (tertiary/aromatic N) is 2. The van der Waals surface area contributed by atoms with Crippen LogP contribution < -0.4 is 0 Å². The van der Waals surface area contributed by atoms with Crippen LogP contribution in [-0.4, -0.2) is 102 Å². The summed E-state index contributed by atoms with van der Waals surface area (Å²) < 4.78 is 25.2. The minimum atomic E-state index is -0.110. The highest BCUT2D eigenvalue weighted by molar-refractivity contribution is 4.69. The highest BCUT2D eigenvalue weighted by Crippen LogP contribution is 2.22. The smallest absolute Gasteiger partial charge is 0.158 e. The fourth-order valence-corrected chi connectivity index (χ4v) is 3.00. The lowest BCUT2D eigenvalue weighted by molar-refractivity contribution is -0.873. The fraction of sp³-hybridized carbons (Fsp3) is 1.00. The molecule has 0 N–H and O–H groups in total. The van der Waals surface area contributed by atoms with E-state index in [0.29, 0.717) is 13.2 Å². The Kier molecular flexibility index (Phi) is 5.85. The van der Waals surface area contributed by atoms with Gasteiger partial charge in [-0.15, -0.1) is 0 Å². The summed E-state index contributed by atoms with van der Waals surface area (Å²) in [5.74, 6) is 0.